The highest BCUT2D eigenvalue weighted by atomic mass is 16.1. The number of nitrogens with zero attached hydrogens (tertiary/aromatic N) is 2. The van der Waals surface area contributed by atoms with E-state index in [-0.39, 0.29) is 5.78 Å². The molecule has 104 valence electrons. The van der Waals surface area contributed by atoms with Gasteiger partial charge in [-0.1, -0.05) is 30.3 Å². The van der Waals surface area contributed by atoms with Gasteiger partial charge in [0.2, 0.25) is 0 Å². The van der Waals surface area contributed by atoms with Gasteiger partial charge < -0.3 is 4.57 Å². The van der Waals surface area contributed by atoms with Crippen LogP contribution >= 0.6 is 0 Å². The molecule has 2 aromatic rings. The van der Waals surface area contributed by atoms with Crippen LogP contribution in [-0.2, 0) is 7.05 Å². The second kappa shape index (κ2) is 5.63. The van der Waals surface area contributed by atoms with Crippen LogP contribution in [0.1, 0.15) is 28.3 Å². The van der Waals surface area contributed by atoms with Gasteiger partial charge in [-0.15, -0.1) is 0 Å². The molecule has 1 aliphatic rings. The molecule has 1 saturated heterocycles. The first-order valence-corrected chi connectivity index (χ1v) is 7.15. The number of ketones is 1. The van der Waals surface area contributed by atoms with Crippen LogP contribution < -0.4 is 0 Å². The van der Waals surface area contributed by atoms with Crippen LogP contribution in [0.2, 0.25) is 0 Å². The number of rotatable bonds is 4. The lowest BCUT2D eigenvalue weighted by atomic mass is 9.99. The van der Waals surface area contributed by atoms with Gasteiger partial charge in [0.05, 0.1) is 6.54 Å². The van der Waals surface area contributed by atoms with Gasteiger partial charge in [0.25, 0.3) is 0 Å². The summed E-state index contributed by atoms with van der Waals surface area (Å²) in [6, 6.07) is 12.5. The first-order chi connectivity index (χ1) is 9.72. The van der Waals surface area contributed by atoms with Crippen LogP contribution in [0.15, 0.2) is 48.8 Å². The maximum absolute atomic E-state index is 12.2. The van der Waals surface area contributed by atoms with Crippen LogP contribution in [0.5, 0.6) is 0 Å². The number of aromatic nitrogens is 1. The van der Waals surface area contributed by atoms with Crippen molar-refractivity contribution >= 4 is 5.78 Å². The molecule has 1 aromatic heterocycles. The van der Waals surface area contributed by atoms with Gasteiger partial charge in [0, 0.05) is 31.5 Å². The highest BCUT2D eigenvalue weighted by molar-refractivity contribution is 5.97. The van der Waals surface area contributed by atoms with Gasteiger partial charge in [0.15, 0.2) is 5.78 Å². The summed E-state index contributed by atoms with van der Waals surface area (Å²) >= 11 is 0. The summed E-state index contributed by atoms with van der Waals surface area (Å²) in [5.74, 6) is 0.791. The Morgan fingerprint density at radius 2 is 2.05 bits per heavy atom. The predicted octanol–water partition coefficient (Wildman–Crippen LogP) is 2.70. The summed E-state index contributed by atoms with van der Waals surface area (Å²) in [6.45, 7) is 2.54. The Bertz CT molecular complexity index is 588. The van der Waals surface area contributed by atoms with Crippen molar-refractivity contribution < 1.29 is 4.79 Å². The molecule has 0 amide bonds. The number of benzene rings is 1. The minimum atomic E-state index is 0.222. The molecule has 20 heavy (non-hydrogen) atoms. The number of carbonyl (C=O) groups is 1. The number of Topliss-reactive ketones (excluding diaryl/α,β-unsaturated/α-hetero) is 1. The van der Waals surface area contributed by atoms with Crippen LogP contribution in [0.3, 0.4) is 0 Å². The maximum atomic E-state index is 12.2. The van der Waals surface area contributed by atoms with Gasteiger partial charge in [-0.25, -0.2) is 0 Å². The van der Waals surface area contributed by atoms with E-state index in [0.29, 0.717) is 12.5 Å². The molecule has 0 saturated carbocycles. The maximum Gasteiger partial charge on any atom is 0.178 e. The Morgan fingerprint density at radius 3 is 2.75 bits per heavy atom. The molecule has 3 nitrogen and oxygen atoms in total. The van der Waals surface area contributed by atoms with Crippen molar-refractivity contribution in [2.75, 3.05) is 19.6 Å². The fourth-order valence-electron chi connectivity index (χ4n) is 2.94. The highest BCUT2D eigenvalue weighted by Gasteiger charge is 2.25. The molecule has 0 radical (unpaired) electrons. The van der Waals surface area contributed by atoms with E-state index in [4.69, 9.17) is 0 Å². The lowest BCUT2D eigenvalue weighted by Gasteiger charge is -2.15. The largest absolute Gasteiger partial charge is 0.357 e. The van der Waals surface area contributed by atoms with Crippen LogP contribution in [0.4, 0.5) is 0 Å². The molecule has 3 rings (SSSR count). The molecule has 1 aromatic carbocycles. The molecule has 2 heterocycles. The van der Waals surface area contributed by atoms with Gasteiger partial charge in [0.1, 0.15) is 0 Å². The molecule has 1 fully saturated rings. The number of hydrogen-bond acceptors (Lipinski definition) is 2. The molecular weight excluding hydrogens is 248 g/mol. The van der Waals surface area contributed by atoms with Crippen LogP contribution in [-0.4, -0.2) is 34.9 Å². The summed E-state index contributed by atoms with van der Waals surface area (Å²) in [5, 5.41) is 0. The van der Waals surface area contributed by atoms with E-state index in [0.717, 1.165) is 25.1 Å². The third-order valence-electron chi connectivity index (χ3n) is 4.06. The van der Waals surface area contributed by atoms with Crippen molar-refractivity contribution in [1.82, 2.24) is 9.47 Å². The molecule has 0 bridgehead atoms. The van der Waals surface area contributed by atoms with Crippen molar-refractivity contribution in [1.29, 1.82) is 0 Å². The molecule has 0 N–H and O–H groups in total. The topological polar surface area (TPSA) is 25.2 Å². The number of hydrogen-bond donors (Lipinski definition) is 0. The minimum absolute atomic E-state index is 0.222. The fourth-order valence-corrected chi connectivity index (χ4v) is 2.94. The van der Waals surface area contributed by atoms with Gasteiger partial charge in [-0.2, -0.15) is 0 Å². The van der Waals surface area contributed by atoms with Crippen LogP contribution in [0.25, 0.3) is 0 Å². The summed E-state index contributed by atoms with van der Waals surface area (Å²) in [7, 11) is 1.94. The highest BCUT2D eigenvalue weighted by Crippen LogP contribution is 2.26. The number of aryl methyl sites for hydroxylation is 1. The SMILES string of the molecule is Cn1ccc(C(=O)CN2CCC(c3ccccc3)C2)c1. The lowest BCUT2D eigenvalue weighted by Crippen LogP contribution is -2.27. The van der Waals surface area contributed by atoms with Crippen molar-refractivity contribution in [3.8, 4) is 0 Å². The van der Waals surface area contributed by atoms with Crippen molar-refractivity contribution in [2.24, 2.45) is 7.05 Å². The van der Waals surface area contributed by atoms with Gasteiger partial charge >= 0.3 is 0 Å². The molecule has 1 aliphatic heterocycles. The molecule has 1 unspecified atom stereocenters. The summed E-state index contributed by atoms with van der Waals surface area (Å²) in [6.07, 6.45) is 4.96. The second-order valence-corrected chi connectivity index (χ2v) is 5.62. The van der Waals surface area contributed by atoms with E-state index in [2.05, 4.69) is 35.2 Å². The first-order valence-electron chi connectivity index (χ1n) is 7.15. The van der Waals surface area contributed by atoms with E-state index in [9.17, 15) is 4.79 Å². The first kappa shape index (κ1) is 13.1. The fraction of sp³-hybridized carbons (Fsp3) is 0.353. The van der Waals surface area contributed by atoms with Gasteiger partial charge in [-0.05, 0) is 30.5 Å². The summed E-state index contributed by atoms with van der Waals surface area (Å²) in [4.78, 5) is 14.5. The average Bonchev–Trinajstić information content (AvgIpc) is 3.09. The lowest BCUT2D eigenvalue weighted by molar-refractivity contribution is 0.0944. The Morgan fingerprint density at radius 1 is 1.25 bits per heavy atom. The van der Waals surface area contributed by atoms with Crippen molar-refractivity contribution in [2.45, 2.75) is 12.3 Å². The second-order valence-electron chi connectivity index (χ2n) is 5.62. The quantitative estimate of drug-likeness (QED) is 0.797. The number of carbonyl (C=O) groups excluding carboxylic acids is 1. The van der Waals surface area contributed by atoms with E-state index >= 15 is 0 Å². The minimum Gasteiger partial charge on any atom is -0.357 e. The Hall–Kier alpha value is -1.87. The molecule has 0 spiro atoms. The molecular formula is C17H20N2O. The number of likely N-dealkylation sites (tertiary alicyclic amines) is 1. The molecule has 1 atom stereocenters. The van der Waals surface area contributed by atoms with Crippen molar-refractivity contribution in [3.05, 3.63) is 59.9 Å². The molecule has 0 aliphatic carbocycles. The van der Waals surface area contributed by atoms with E-state index in [1.807, 2.05) is 30.1 Å². The third kappa shape index (κ3) is 2.83. The third-order valence-corrected chi connectivity index (χ3v) is 4.06. The van der Waals surface area contributed by atoms with Gasteiger partial charge in [-0.3, -0.25) is 9.69 Å². The van der Waals surface area contributed by atoms with E-state index in [1.54, 1.807) is 0 Å². The van der Waals surface area contributed by atoms with Crippen LogP contribution in [0, 0.1) is 0 Å². The average molecular weight is 268 g/mol. The van der Waals surface area contributed by atoms with E-state index in [1.165, 1.54) is 5.56 Å². The van der Waals surface area contributed by atoms with E-state index < -0.39 is 0 Å². The zero-order chi connectivity index (χ0) is 13.9. The Labute approximate surface area is 119 Å². The smallest absolute Gasteiger partial charge is 0.178 e. The summed E-state index contributed by atoms with van der Waals surface area (Å²) < 4.78 is 1.92. The normalized spacial score (nSPS) is 19.4. The predicted molar refractivity (Wildman–Crippen MR) is 80.0 cm³/mol. The zero-order valence-electron chi connectivity index (χ0n) is 11.8. The Kier molecular flexibility index (Phi) is 3.70. The monoisotopic (exact) mass is 268 g/mol. The summed E-state index contributed by atoms with van der Waals surface area (Å²) in [5.41, 5.74) is 2.21. The standard InChI is InChI=1S/C17H20N2O/c1-18-9-7-16(11-18)17(20)13-19-10-8-15(12-19)14-5-3-2-4-6-14/h2-7,9,11,15H,8,10,12-13H2,1H3. The van der Waals surface area contributed by atoms with Crippen molar-refractivity contribution in [3.63, 3.8) is 0 Å². The zero-order valence-corrected chi connectivity index (χ0v) is 11.8. The Balaban J connectivity index is 1.59. The molecule has 3 heteroatoms.